The summed E-state index contributed by atoms with van der Waals surface area (Å²) in [6.45, 7) is 2.91. The summed E-state index contributed by atoms with van der Waals surface area (Å²) >= 11 is 0. The molecule has 0 aliphatic heterocycles. The average molecular weight is 301 g/mol. The molecule has 0 unspecified atom stereocenters. The van der Waals surface area contributed by atoms with E-state index in [4.69, 9.17) is 4.74 Å². The maximum atomic E-state index is 13.5. The number of hydrogen-bond acceptors (Lipinski definition) is 2. The third-order valence-corrected chi connectivity index (χ3v) is 3.33. The Morgan fingerprint density at radius 3 is 2.50 bits per heavy atom. The molecule has 2 rings (SSSR count). The highest BCUT2D eigenvalue weighted by Crippen LogP contribution is 2.17. The van der Waals surface area contributed by atoms with Crippen molar-refractivity contribution in [2.24, 2.45) is 0 Å². The fraction of sp³-hybridized carbons (Fsp3) is 0.278. The summed E-state index contributed by atoms with van der Waals surface area (Å²) < 4.78 is 19.0. The van der Waals surface area contributed by atoms with E-state index in [0.717, 1.165) is 11.3 Å². The smallest absolute Gasteiger partial charge is 0.220 e. The van der Waals surface area contributed by atoms with Gasteiger partial charge in [0.1, 0.15) is 11.6 Å². The lowest BCUT2D eigenvalue weighted by atomic mass is 10.1. The predicted molar refractivity (Wildman–Crippen MR) is 84.2 cm³/mol. The quantitative estimate of drug-likeness (QED) is 0.850. The molecule has 116 valence electrons. The van der Waals surface area contributed by atoms with Crippen LogP contribution in [0.25, 0.3) is 0 Å². The minimum Gasteiger partial charge on any atom is -0.494 e. The van der Waals surface area contributed by atoms with Gasteiger partial charge in [0.05, 0.1) is 6.61 Å². The minimum absolute atomic E-state index is 0.102. The molecule has 0 fully saturated rings. The second-order valence-corrected chi connectivity index (χ2v) is 4.91. The van der Waals surface area contributed by atoms with Crippen LogP contribution in [0.1, 0.15) is 24.5 Å². The van der Waals surface area contributed by atoms with Crippen molar-refractivity contribution in [2.45, 2.75) is 26.3 Å². The SMILES string of the molecule is CCOc1ccccc1CNC(=O)CCc1ccccc1F. The Balaban J connectivity index is 1.84. The maximum Gasteiger partial charge on any atom is 0.220 e. The Hall–Kier alpha value is -2.36. The summed E-state index contributed by atoms with van der Waals surface area (Å²) in [5.41, 5.74) is 1.50. The third-order valence-electron chi connectivity index (χ3n) is 3.33. The molecule has 0 bridgehead atoms. The van der Waals surface area contributed by atoms with Gasteiger partial charge >= 0.3 is 0 Å². The predicted octanol–water partition coefficient (Wildman–Crippen LogP) is 3.47. The number of hydrogen-bond donors (Lipinski definition) is 1. The van der Waals surface area contributed by atoms with Crippen molar-refractivity contribution in [3.8, 4) is 5.75 Å². The van der Waals surface area contributed by atoms with E-state index in [1.54, 1.807) is 18.2 Å². The van der Waals surface area contributed by atoms with Crippen molar-refractivity contribution in [3.05, 3.63) is 65.5 Å². The van der Waals surface area contributed by atoms with Crippen LogP contribution in [0.2, 0.25) is 0 Å². The highest BCUT2D eigenvalue weighted by molar-refractivity contribution is 5.76. The molecule has 0 aliphatic rings. The number of rotatable bonds is 7. The van der Waals surface area contributed by atoms with Gasteiger partial charge in [-0.05, 0) is 31.0 Å². The van der Waals surface area contributed by atoms with Crippen LogP contribution >= 0.6 is 0 Å². The zero-order valence-electron chi connectivity index (χ0n) is 12.6. The zero-order chi connectivity index (χ0) is 15.8. The normalized spacial score (nSPS) is 10.3. The highest BCUT2D eigenvalue weighted by Gasteiger charge is 2.07. The van der Waals surface area contributed by atoms with Crippen molar-refractivity contribution in [2.75, 3.05) is 6.61 Å². The van der Waals surface area contributed by atoms with E-state index in [1.165, 1.54) is 6.07 Å². The number of aryl methyl sites for hydroxylation is 1. The summed E-state index contributed by atoms with van der Waals surface area (Å²) in [5.74, 6) is 0.408. The molecule has 0 saturated heterocycles. The topological polar surface area (TPSA) is 38.3 Å². The summed E-state index contributed by atoms with van der Waals surface area (Å²) in [4.78, 5) is 11.9. The van der Waals surface area contributed by atoms with E-state index in [1.807, 2.05) is 31.2 Å². The van der Waals surface area contributed by atoms with Crippen LogP contribution < -0.4 is 10.1 Å². The zero-order valence-corrected chi connectivity index (χ0v) is 12.6. The van der Waals surface area contributed by atoms with Gasteiger partial charge in [-0.1, -0.05) is 36.4 Å². The van der Waals surface area contributed by atoms with Gasteiger partial charge in [0.15, 0.2) is 0 Å². The minimum atomic E-state index is -0.267. The molecular formula is C18H20FNO2. The lowest BCUT2D eigenvalue weighted by Gasteiger charge is -2.11. The maximum absolute atomic E-state index is 13.5. The van der Waals surface area contributed by atoms with Crippen molar-refractivity contribution >= 4 is 5.91 Å². The highest BCUT2D eigenvalue weighted by atomic mass is 19.1. The number of benzene rings is 2. The Morgan fingerprint density at radius 1 is 1.09 bits per heavy atom. The fourth-order valence-electron chi connectivity index (χ4n) is 2.18. The molecule has 0 saturated carbocycles. The van der Waals surface area contributed by atoms with Gasteiger partial charge in [0.2, 0.25) is 5.91 Å². The third kappa shape index (κ3) is 4.58. The molecule has 2 aromatic rings. The number of carbonyl (C=O) groups excluding carboxylic acids is 1. The van der Waals surface area contributed by atoms with Gasteiger partial charge in [-0.3, -0.25) is 4.79 Å². The first kappa shape index (κ1) is 16.0. The molecular weight excluding hydrogens is 281 g/mol. The molecule has 1 N–H and O–H groups in total. The van der Waals surface area contributed by atoms with E-state index in [2.05, 4.69) is 5.32 Å². The number of carbonyl (C=O) groups is 1. The number of halogens is 1. The number of amides is 1. The largest absolute Gasteiger partial charge is 0.494 e. The van der Waals surface area contributed by atoms with Crippen LogP contribution in [-0.4, -0.2) is 12.5 Å². The average Bonchev–Trinajstić information content (AvgIpc) is 2.53. The fourth-order valence-corrected chi connectivity index (χ4v) is 2.18. The molecule has 0 heterocycles. The Morgan fingerprint density at radius 2 is 1.77 bits per heavy atom. The van der Waals surface area contributed by atoms with Crippen LogP contribution in [0.15, 0.2) is 48.5 Å². The van der Waals surface area contributed by atoms with Gasteiger partial charge < -0.3 is 10.1 Å². The molecule has 0 spiro atoms. The first-order valence-electron chi connectivity index (χ1n) is 7.41. The second kappa shape index (κ2) is 8.17. The van der Waals surface area contributed by atoms with Crippen LogP contribution in [0.5, 0.6) is 5.75 Å². The van der Waals surface area contributed by atoms with Crippen LogP contribution in [0.4, 0.5) is 4.39 Å². The van der Waals surface area contributed by atoms with E-state index in [0.29, 0.717) is 25.1 Å². The Bertz CT molecular complexity index is 628. The summed E-state index contributed by atoms with van der Waals surface area (Å²) in [5, 5.41) is 2.85. The first-order chi connectivity index (χ1) is 10.7. The molecule has 0 radical (unpaired) electrons. The van der Waals surface area contributed by atoms with E-state index < -0.39 is 0 Å². The van der Waals surface area contributed by atoms with Gasteiger partial charge in [0.25, 0.3) is 0 Å². The van der Waals surface area contributed by atoms with Gasteiger partial charge in [0, 0.05) is 18.5 Å². The van der Waals surface area contributed by atoms with E-state index in [-0.39, 0.29) is 18.1 Å². The molecule has 2 aromatic carbocycles. The van der Waals surface area contributed by atoms with Crippen LogP contribution in [0, 0.1) is 5.82 Å². The number of ether oxygens (including phenoxy) is 1. The van der Waals surface area contributed by atoms with E-state index in [9.17, 15) is 9.18 Å². The standard InChI is InChI=1S/C18H20FNO2/c1-2-22-17-10-6-4-8-15(17)13-20-18(21)12-11-14-7-3-5-9-16(14)19/h3-10H,2,11-13H2,1H3,(H,20,21). The molecule has 0 aliphatic carbocycles. The molecule has 4 heteroatoms. The van der Waals surface area contributed by atoms with Gasteiger partial charge in [-0.25, -0.2) is 4.39 Å². The number of para-hydroxylation sites is 1. The molecule has 3 nitrogen and oxygen atoms in total. The molecule has 0 aromatic heterocycles. The van der Waals surface area contributed by atoms with Crippen molar-refractivity contribution < 1.29 is 13.9 Å². The number of nitrogens with one attached hydrogen (secondary N) is 1. The van der Waals surface area contributed by atoms with Gasteiger partial charge in [-0.2, -0.15) is 0 Å². The van der Waals surface area contributed by atoms with Crippen molar-refractivity contribution in [1.82, 2.24) is 5.32 Å². The molecule has 0 atom stereocenters. The second-order valence-electron chi connectivity index (χ2n) is 4.91. The van der Waals surface area contributed by atoms with Gasteiger partial charge in [-0.15, -0.1) is 0 Å². The Kier molecular flexibility index (Phi) is 5.95. The lowest BCUT2D eigenvalue weighted by molar-refractivity contribution is -0.121. The van der Waals surface area contributed by atoms with Crippen molar-refractivity contribution in [3.63, 3.8) is 0 Å². The monoisotopic (exact) mass is 301 g/mol. The summed E-state index contributed by atoms with van der Waals surface area (Å²) in [7, 11) is 0. The van der Waals surface area contributed by atoms with Crippen molar-refractivity contribution in [1.29, 1.82) is 0 Å². The molecule has 1 amide bonds. The first-order valence-corrected chi connectivity index (χ1v) is 7.41. The van der Waals surface area contributed by atoms with Crippen LogP contribution in [0.3, 0.4) is 0 Å². The Labute approximate surface area is 130 Å². The van der Waals surface area contributed by atoms with E-state index >= 15 is 0 Å². The molecule has 22 heavy (non-hydrogen) atoms. The summed E-state index contributed by atoms with van der Waals surface area (Å²) in [6.07, 6.45) is 0.656. The summed E-state index contributed by atoms with van der Waals surface area (Å²) in [6, 6.07) is 14.1. The van der Waals surface area contributed by atoms with Crippen LogP contribution in [-0.2, 0) is 17.8 Å². The lowest BCUT2D eigenvalue weighted by Crippen LogP contribution is -2.23.